The van der Waals surface area contributed by atoms with Gasteiger partial charge in [-0.25, -0.2) is 18.4 Å². The average molecular weight is 496 g/mol. The van der Waals surface area contributed by atoms with Crippen molar-refractivity contribution in [3.05, 3.63) is 35.7 Å². The van der Waals surface area contributed by atoms with E-state index in [1.807, 2.05) is 0 Å². The summed E-state index contributed by atoms with van der Waals surface area (Å²) in [5.74, 6) is -1.07. The lowest BCUT2D eigenvalue weighted by Gasteiger charge is -2.15. The number of alkyl halides is 6. The molecular weight excluding hydrogens is 482 g/mol. The van der Waals surface area contributed by atoms with Crippen molar-refractivity contribution in [2.45, 2.75) is 23.5 Å². The number of hydrogen-bond acceptors (Lipinski definition) is 7. The van der Waals surface area contributed by atoms with Crippen molar-refractivity contribution in [1.82, 2.24) is 19.5 Å². The summed E-state index contributed by atoms with van der Waals surface area (Å²) in [6.45, 7) is 0.234. The molecular formula is C18H14F6N4O4S. The third-order valence-electron chi connectivity index (χ3n) is 4.81. The van der Waals surface area contributed by atoms with Crippen LogP contribution in [0.4, 0.5) is 26.3 Å². The Morgan fingerprint density at radius 1 is 1.00 bits per heavy atom. The van der Waals surface area contributed by atoms with Gasteiger partial charge in [0.1, 0.15) is 17.0 Å². The number of pyridine rings is 2. The Bertz CT molecular complexity index is 1310. The van der Waals surface area contributed by atoms with E-state index < -0.39 is 55.9 Å². The summed E-state index contributed by atoms with van der Waals surface area (Å²) in [5, 5.41) is 0. The molecule has 0 N–H and O–H groups in total. The topological polar surface area (TPSA) is 96.2 Å². The Kier molecular flexibility index (Phi) is 5.61. The molecule has 0 spiro atoms. The standard InChI is InChI=1S/C18H14F6N4O4S/c1-28-15-11(4-9(7-26-15)17(19,20)21)27-16(28)14-12(5-10(6-25-14)18(22,23)24)33(29,30)8-13-31-2-3-32-13/h4-7,13H,2-3,8H2,1H3. The van der Waals surface area contributed by atoms with E-state index in [-0.39, 0.29) is 30.2 Å². The molecule has 0 atom stereocenters. The molecule has 0 radical (unpaired) electrons. The van der Waals surface area contributed by atoms with Crippen molar-refractivity contribution in [2.75, 3.05) is 19.0 Å². The third-order valence-corrected chi connectivity index (χ3v) is 6.50. The second kappa shape index (κ2) is 7.92. The highest BCUT2D eigenvalue weighted by atomic mass is 32.2. The van der Waals surface area contributed by atoms with Crippen LogP contribution in [-0.4, -0.2) is 53.2 Å². The lowest BCUT2D eigenvalue weighted by molar-refractivity contribution is -0.138. The first-order chi connectivity index (χ1) is 15.3. The van der Waals surface area contributed by atoms with Crippen LogP contribution in [0.3, 0.4) is 0 Å². The van der Waals surface area contributed by atoms with Gasteiger partial charge in [0.25, 0.3) is 0 Å². The van der Waals surface area contributed by atoms with E-state index in [4.69, 9.17) is 9.47 Å². The third kappa shape index (κ3) is 4.52. The molecule has 1 fully saturated rings. The molecule has 0 aliphatic carbocycles. The summed E-state index contributed by atoms with van der Waals surface area (Å²) < 4.78 is 116. The number of aromatic nitrogens is 4. The van der Waals surface area contributed by atoms with Crippen molar-refractivity contribution < 1.29 is 44.2 Å². The molecule has 0 amide bonds. The first kappa shape index (κ1) is 23.4. The average Bonchev–Trinajstić information content (AvgIpc) is 3.33. The Morgan fingerprint density at radius 3 is 2.18 bits per heavy atom. The van der Waals surface area contributed by atoms with Gasteiger partial charge in [-0.2, -0.15) is 26.3 Å². The molecule has 0 saturated carbocycles. The molecule has 4 heterocycles. The van der Waals surface area contributed by atoms with E-state index >= 15 is 0 Å². The van der Waals surface area contributed by atoms with E-state index in [9.17, 15) is 34.8 Å². The number of rotatable bonds is 4. The van der Waals surface area contributed by atoms with Gasteiger partial charge in [-0.3, -0.25) is 4.98 Å². The molecule has 33 heavy (non-hydrogen) atoms. The van der Waals surface area contributed by atoms with Crippen LogP contribution in [0, 0.1) is 0 Å². The largest absolute Gasteiger partial charge is 0.417 e. The molecule has 178 valence electrons. The highest BCUT2D eigenvalue weighted by Gasteiger charge is 2.36. The monoisotopic (exact) mass is 496 g/mol. The maximum atomic E-state index is 13.3. The Hall–Kier alpha value is -2.78. The van der Waals surface area contributed by atoms with Crippen LogP contribution in [0.2, 0.25) is 0 Å². The Balaban J connectivity index is 1.90. The minimum absolute atomic E-state index is 0.0505. The van der Waals surface area contributed by atoms with E-state index in [0.29, 0.717) is 24.5 Å². The van der Waals surface area contributed by atoms with Crippen molar-refractivity contribution >= 4 is 21.0 Å². The lowest BCUT2D eigenvalue weighted by Crippen LogP contribution is -2.23. The number of halogens is 6. The van der Waals surface area contributed by atoms with Crippen LogP contribution in [0.15, 0.2) is 29.4 Å². The number of imidazole rings is 1. The fourth-order valence-corrected chi connectivity index (χ4v) is 4.70. The van der Waals surface area contributed by atoms with Crippen molar-refractivity contribution in [3.8, 4) is 11.5 Å². The van der Waals surface area contributed by atoms with Gasteiger partial charge in [0.2, 0.25) is 0 Å². The maximum absolute atomic E-state index is 13.3. The fourth-order valence-electron chi connectivity index (χ4n) is 3.22. The molecule has 1 aliphatic heterocycles. The van der Waals surface area contributed by atoms with Crippen molar-refractivity contribution in [2.24, 2.45) is 7.05 Å². The predicted octanol–water partition coefficient (Wildman–Crippen LogP) is 3.21. The van der Waals surface area contributed by atoms with Gasteiger partial charge in [0, 0.05) is 19.4 Å². The first-order valence-electron chi connectivity index (χ1n) is 9.20. The number of fused-ring (bicyclic) bond motifs is 1. The van der Waals surface area contributed by atoms with Gasteiger partial charge in [0.15, 0.2) is 27.6 Å². The van der Waals surface area contributed by atoms with Gasteiger partial charge in [-0.15, -0.1) is 0 Å². The van der Waals surface area contributed by atoms with Crippen molar-refractivity contribution in [3.63, 3.8) is 0 Å². The predicted molar refractivity (Wildman–Crippen MR) is 99.5 cm³/mol. The second-order valence-corrected chi connectivity index (χ2v) is 9.08. The van der Waals surface area contributed by atoms with Crippen LogP contribution in [0.1, 0.15) is 11.1 Å². The van der Waals surface area contributed by atoms with Gasteiger partial charge >= 0.3 is 12.4 Å². The van der Waals surface area contributed by atoms with Gasteiger partial charge < -0.3 is 14.0 Å². The fraction of sp³-hybridized carbons (Fsp3) is 0.389. The van der Waals surface area contributed by atoms with Crippen LogP contribution in [0.25, 0.3) is 22.7 Å². The van der Waals surface area contributed by atoms with E-state index in [2.05, 4.69) is 15.0 Å². The number of aryl methyl sites for hydroxylation is 1. The number of hydrogen-bond donors (Lipinski definition) is 0. The zero-order chi connectivity index (χ0) is 24.2. The molecule has 0 unspecified atom stereocenters. The van der Waals surface area contributed by atoms with E-state index in [0.717, 1.165) is 4.57 Å². The van der Waals surface area contributed by atoms with Crippen molar-refractivity contribution in [1.29, 1.82) is 0 Å². The molecule has 1 aliphatic rings. The molecule has 8 nitrogen and oxygen atoms in total. The lowest BCUT2D eigenvalue weighted by atomic mass is 10.2. The molecule has 0 bridgehead atoms. The van der Waals surface area contributed by atoms with Gasteiger partial charge in [-0.1, -0.05) is 0 Å². The quantitative estimate of drug-likeness (QED) is 0.512. The number of ether oxygens (including phenoxy) is 2. The molecule has 0 aromatic carbocycles. The number of nitrogens with zero attached hydrogens (tertiary/aromatic N) is 4. The summed E-state index contributed by atoms with van der Waals surface area (Å²) in [5.41, 5.74) is -3.19. The van der Waals surface area contributed by atoms with Crippen LogP contribution in [-0.2, 0) is 38.7 Å². The van der Waals surface area contributed by atoms with Gasteiger partial charge in [-0.05, 0) is 12.1 Å². The van der Waals surface area contributed by atoms with Gasteiger partial charge in [0.05, 0.1) is 29.2 Å². The molecule has 15 heteroatoms. The minimum Gasteiger partial charge on any atom is -0.349 e. The zero-order valence-corrected chi connectivity index (χ0v) is 17.4. The molecule has 4 rings (SSSR count). The highest BCUT2D eigenvalue weighted by Crippen LogP contribution is 2.36. The smallest absolute Gasteiger partial charge is 0.349 e. The Labute approximate surface area is 182 Å². The summed E-state index contributed by atoms with van der Waals surface area (Å²) >= 11 is 0. The molecule has 3 aromatic heterocycles. The maximum Gasteiger partial charge on any atom is 0.417 e. The zero-order valence-electron chi connectivity index (χ0n) is 16.6. The summed E-state index contributed by atoms with van der Waals surface area (Å²) in [7, 11) is -3.13. The van der Waals surface area contributed by atoms with Crippen LogP contribution >= 0.6 is 0 Å². The van der Waals surface area contributed by atoms with Crippen LogP contribution < -0.4 is 0 Å². The van der Waals surface area contributed by atoms with E-state index in [1.54, 1.807) is 0 Å². The SMILES string of the molecule is Cn1c(-c2ncc(C(F)(F)F)cc2S(=O)(=O)CC2OCCO2)nc2cc(C(F)(F)F)cnc21. The summed E-state index contributed by atoms with van der Waals surface area (Å²) in [6.07, 6.45) is -9.80. The van der Waals surface area contributed by atoms with Crippen LogP contribution in [0.5, 0.6) is 0 Å². The summed E-state index contributed by atoms with van der Waals surface area (Å²) in [6, 6.07) is 1.10. The first-order valence-corrected chi connectivity index (χ1v) is 10.9. The second-order valence-electron chi connectivity index (χ2n) is 7.08. The summed E-state index contributed by atoms with van der Waals surface area (Å²) in [4.78, 5) is 10.5. The minimum atomic E-state index is -4.90. The Morgan fingerprint density at radius 2 is 1.58 bits per heavy atom. The molecule has 1 saturated heterocycles. The number of sulfone groups is 1. The van der Waals surface area contributed by atoms with E-state index in [1.165, 1.54) is 7.05 Å². The molecule has 3 aromatic rings. The normalized spacial score (nSPS) is 16.1. The highest BCUT2D eigenvalue weighted by molar-refractivity contribution is 7.91.